The van der Waals surface area contributed by atoms with Gasteiger partial charge in [-0.1, -0.05) is 44.9 Å². The van der Waals surface area contributed by atoms with E-state index in [0.29, 0.717) is 6.54 Å². The lowest BCUT2D eigenvalue weighted by molar-refractivity contribution is -0.119. The molecule has 0 fully saturated rings. The van der Waals surface area contributed by atoms with Crippen molar-refractivity contribution in [1.82, 2.24) is 5.32 Å². The standard InChI is InChI=1S/C15H24N2O/c1-13(2)8-6-7-11-16-15(18)12-17-14-9-4-3-5-10-14/h3-5,9-10,13,17H,6-8,11-12H2,1-2H3,(H,16,18). The third-order valence-electron chi connectivity index (χ3n) is 2.76. The minimum absolute atomic E-state index is 0.0587. The summed E-state index contributed by atoms with van der Waals surface area (Å²) in [7, 11) is 0. The Hall–Kier alpha value is -1.51. The SMILES string of the molecule is CC(C)CCCCNC(=O)CNc1ccccc1. The molecule has 1 aromatic carbocycles. The Balaban J connectivity index is 2.04. The van der Waals surface area contributed by atoms with Crippen LogP contribution in [-0.2, 0) is 4.79 Å². The van der Waals surface area contributed by atoms with E-state index in [4.69, 9.17) is 0 Å². The first-order chi connectivity index (χ1) is 8.68. The third kappa shape index (κ3) is 6.94. The number of carbonyl (C=O) groups is 1. The number of para-hydroxylation sites is 1. The molecule has 3 nitrogen and oxygen atoms in total. The molecule has 0 radical (unpaired) electrons. The summed E-state index contributed by atoms with van der Waals surface area (Å²) in [6.45, 7) is 5.57. The predicted molar refractivity (Wildman–Crippen MR) is 76.6 cm³/mol. The van der Waals surface area contributed by atoms with E-state index in [1.807, 2.05) is 30.3 Å². The largest absolute Gasteiger partial charge is 0.376 e. The summed E-state index contributed by atoms with van der Waals surface area (Å²) >= 11 is 0. The van der Waals surface area contributed by atoms with Crippen molar-refractivity contribution in [3.8, 4) is 0 Å². The number of carbonyl (C=O) groups excluding carboxylic acids is 1. The van der Waals surface area contributed by atoms with Crippen LogP contribution in [0.4, 0.5) is 5.69 Å². The number of hydrogen-bond acceptors (Lipinski definition) is 2. The van der Waals surface area contributed by atoms with E-state index >= 15 is 0 Å². The van der Waals surface area contributed by atoms with Crippen molar-refractivity contribution >= 4 is 11.6 Å². The lowest BCUT2D eigenvalue weighted by atomic mass is 10.1. The lowest BCUT2D eigenvalue weighted by Crippen LogP contribution is -2.30. The number of anilines is 1. The number of unbranched alkanes of at least 4 members (excludes halogenated alkanes) is 1. The molecular formula is C15H24N2O. The maximum atomic E-state index is 11.5. The first kappa shape index (κ1) is 14.6. The molecule has 100 valence electrons. The molecule has 0 atom stereocenters. The Bertz CT molecular complexity index is 336. The summed E-state index contributed by atoms with van der Waals surface area (Å²) in [4.78, 5) is 11.5. The van der Waals surface area contributed by atoms with Gasteiger partial charge in [0.25, 0.3) is 0 Å². The number of benzene rings is 1. The van der Waals surface area contributed by atoms with E-state index in [-0.39, 0.29) is 5.91 Å². The average molecular weight is 248 g/mol. The van der Waals surface area contributed by atoms with E-state index in [0.717, 1.165) is 24.6 Å². The zero-order chi connectivity index (χ0) is 13.2. The fourth-order valence-corrected chi connectivity index (χ4v) is 1.71. The molecule has 0 aliphatic carbocycles. The van der Waals surface area contributed by atoms with Gasteiger partial charge in [-0.3, -0.25) is 4.79 Å². The van der Waals surface area contributed by atoms with Crippen molar-refractivity contribution in [1.29, 1.82) is 0 Å². The normalized spacial score (nSPS) is 10.4. The zero-order valence-electron chi connectivity index (χ0n) is 11.4. The van der Waals surface area contributed by atoms with Gasteiger partial charge in [0.2, 0.25) is 5.91 Å². The summed E-state index contributed by atoms with van der Waals surface area (Å²) in [6, 6.07) is 9.77. The number of rotatable bonds is 8. The van der Waals surface area contributed by atoms with Crippen LogP contribution in [0.5, 0.6) is 0 Å². The van der Waals surface area contributed by atoms with Gasteiger partial charge in [0, 0.05) is 12.2 Å². The second-order valence-electron chi connectivity index (χ2n) is 4.96. The van der Waals surface area contributed by atoms with Crippen LogP contribution >= 0.6 is 0 Å². The number of nitrogens with one attached hydrogen (secondary N) is 2. The van der Waals surface area contributed by atoms with Gasteiger partial charge in [-0.25, -0.2) is 0 Å². The summed E-state index contributed by atoms with van der Waals surface area (Å²) in [5.41, 5.74) is 0.979. The molecule has 0 aliphatic rings. The maximum absolute atomic E-state index is 11.5. The molecule has 0 spiro atoms. The van der Waals surface area contributed by atoms with Crippen LogP contribution in [0.2, 0.25) is 0 Å². The molecule has 0 aliphatic heterocycles. The van der Waals surface area contributed by atoms with Crippen molar-refractivity contribution in [3.05, 3.63) is 30.3 Å². The Labute approximate surface area is 110 Å². The highest BCUT2D eigenvalue weighted by molar-refractivity contribution is 5.80. The summed E-state index contributed by atoms with van der Waals surface area (Å²) in [5, 5.41) is 6.02. The van der Waals surface area contributed by atoms with Gasteiger partial charge in [-0.2, -0.15) is 0 Å². The number of amides is 1. The molecule has 0 saturated heterocycles. The van der Waals surface area contributed by atoms with Crippen LogP contribution in [0.3, 0.4) is 0 Å². The lowest BCUT2D eigenvalue weighted by Gasteiger charge is -2.08. The molecule has 0 unspecified atom stereocenters. The minimum Gasteiger partial charge on any atom is -0.376 e. The fourth-order valence-electron chi connectivity index (χ4n) is 1.71. The smallest absolute Gasteiger partial charge is 0.239 e. The minimum atomic E-state index is 0.0587. The summed E-state index contributed by atoms with van der Waals surface area (Å²) in [5.74, 6) is 0.809. The van der Waals surface area contributed by atoms with E-state index in [2.05, 4.69) is 24.5 Å². The molecule has 1 aromatic rings. The predicted octanol–water partition coefficient (Wildman–Crippen LogP) is 3.04. The molecule has 0 bridgehead atoms. The van der Waals surface area contributed by atoms with Crippen molar-refractivity contribution in [2.75, 3.05) is 18.4 Å². The molecule has 2 N–H and O–H groups in total. The van der Waals surface area contributed by atoms with Gasteiger partial charge < -0.3 is 10.6 Å². The Morgan fingerprint density at radius 3 is 2.56 bits per heavy atom. The molecular weight excluding hydrogens is 224 g/mol. The second kappa shape index (κ2) is 8.56. The Kier molecular flexibility index (Phi) is 6.92. The molecule has 3 heteroatoms. The Morgan fingerprint density at radius 2 is 1.89 bits per heavy atom. The van der Waals surface area contributed by atoms with E-state index in [1.165, 1.54) is 12.8 Å². The number of hydrogen-bond donors (Lipinski definition) is 2. The van der Waals surface area contributed by atoms with Crippen LogP contribution in [0.25, 0.3) is 0 Å². The van der Waals surface area contributed by atoms with Gasteiger partial charge in [-0.05, 0) is 24.5 Å². The highest BCUT2D eigenvalue weighted by Crippen LogP contribution is 2.05. The van der Waals surface area contributed by atoms with Crippen LogP contribution < -0.4 is 10.6 Å². The highest BCUT2D eigenvalue weighted by atomic mass is 16.1. The second-order valence-corrected chi connectivity index (χ2v) is 4.96. The first-order valence-electron chi connectivity index (χ1n) is 6.74. The van der Waals surface area contributed by atoms with E-state index in [1.54, 1.807) is 0 Å². The van der Waals surface area contributed by atoms with Crippen molar-refractivity contribution in [2.24, 2.45) is 5.92 Å². The molecule has 18 heavy (non-hydrogen) atoms. The van der Waals surface area contributed by atoms with Crippen molar-refractivity contribution < 1.29 is 4.79 Å². The van der Waals surface area contributed by atoms with Crippen molar-refractivity contribution in [2.45, 2.75) is 33.1 Å². The maximum Gasteiger partial charge on any atom is 0.239 e. The third-order valence-corrected chi connectivity index (χ3v) is 2.76. The summed E-state index contributed by atoms with van der Waals surface area (Å²) in [6.07, 6.45) is 3.48. The van der Waals surface area contributed by atoms with Crippen LogP contribution in [-0.4, -0.2) is 19.0 Å². The average Bonchev–Trinajstić information content (AvgIpc) is 2.37. The summed E-state index contributed by atoms with van der Waals surface area (Å²) < 4.78 is 0. The Morgan fingerprint density at radius 1 is 1.17 bits per heavy atom. The van der Waals surface area contributed by atoms with Crippen LogP contribution in [0, 0.1) is 5.92 Å². The molecule has 1 rings (SSSR count). The van der Waals surface area contributed by atoms with Gasteiger partial charge in [0.1, 0.15) is 0 Å². The molecule has 0 heterocycles. The zero-order valence-corrected chi connectivity index (χ0v) is 11.4. The first-order valence-corrected chi connectivity index (χ1v) is 6.74. The van der Waals surface area contributed by atoms with Gasteiger partial charge >= 0.3 is 0 Å². The van der Waals surface area contributed by atoms with Crippen LogP contribution in [0.15, 0.2) is 30.3 Å². The molecule has 1 amide bonds. The highest BCUT2D eigenvalue weighted by Gasteiger charge is 2.00. The van der Waals surface area contributed by atoms with Gasteiger partial charge in [0.15, 0.2) is 0 Å². The van der Waals surface area contributed by atoms with Gasteiger partial charge in [0.05, 0.1) is 6.54 Å². The van der Waals surface area contributed by atoms with Crippen molar-refractivity contribution in [3.63, 3.8) is 0 Å². The topological polar surface area (TPSA) is 41.1 Å². The monoisotopic (exact) mass is 248 g/mol. The van der Waals surface area contributed by atoms with Crippen LogP contribution in [0.1, 0.15) is 33.1 Å². The quantitative estimate of drug-likeness (QED) is 0.694. The molecule has 0 saturated carbocycles. The van der Waals surface area contributed by atoms with Gasteiger partial charge in [-0.15, -0.1) is 0 Å². The fraction of sp³-hybridized carbons (Fsp3) is 0.533. The van der Waals surface area contributed by atoms with E-state index in [9.17, 15) is 4.79 Å². The molecule has 0 aromatic heterocycles. The van der Waals surface area contributed by atoms with E-state index < -0.39 is 0 Å².